The number of alkyl halides is 3. The average molecular weight is 346 g/mol. The lowest BCUT2D eigenvalue weighted by Crippen LogP contribution is -2.27. The highest BCUT2D eigenvalue weighted by Crippen LogP contribution is 2.17. The van der Waals surface area contributed by atoms with Gasteiger partial charge in [0.25, 0.3) is 0 Å². The lowest BCUT2D eigenvalue weighted by molar-refractivity contribution is 0.0584. The molecule has 2 unspecified atom stereocenters. The van der Waals surface area contributed by atoms with E-state index in [-0.39, 0.29) is 10.9 Å². The third-order valence-corrected chi connectivity index (χ3v) is 4.21. The van der Waals surface area contributed by atoms with Gasteiger partial charge in [0, 0.05) is 16.8 Å². The van der Waals surface area contributed by atoms with Crippen molar-refractivity contribution in [1.29, 1.82) is 0 Å². The third kappa shape index (κ3) is 4.80. The van der Waals surface area contributed by atoms with Crippen molar-refractivity contribution in [3.63, 3.8) is 0 Å². The molecule has 2 atom stereocenters. The smallest absolute Gasteiger partial charge is 0.0851 e. The van der Waals surface area contributed by atoms with Crippen LogP contribution in [-0.4, -0.2) is 22.7 Å². The van der Waals surface area contributed by atoms with Crippen molar-refractivity contribution in [1.82, 2.24) is 0 Å². The maximum atomic E-state index is 5.87. The zero-order valence-electron chi connectivity index (χ0n) is 8.51. The Kier molecular flexibility index (Phi) is 7.09. The minimum absolute atomic E-state index is 0.0610. The first-order valence-corrected chi connectivity index (χ1v) is 7.15. The molecule has 0 spiro atoms. The summed E-state index contributed by atoms with van der Waals surface area (Å²) in [6, 6.07) is 7.55. The van der Waals surface area contributed by atoms with Crippen molar-refractivity contribution in [2.75, 3.05) is 11.8 Å². The molecular formula is C11H12BrCl3O. The zero-order valence-corrected chi connectivity index (χ0v) is 12.4. The summed E-state index contributed by atoms with van der Waals surface area (Å²) >= 11 is 20.8. The molecule has 0 fully saturated rings. The number of halogens is 4. The summed E-state index contributed by atoms with van der Waals surface area (Å²) in [5.41, 5.74) is 1.02. The normalized spacial score (nSPS) is 14.8. The van der Waals surface area contributed by atoms with E-state index in [0.717, 1.165) is 5.56 Å². The standard InChI is InChI=1S/C11H12BrCl3O/c12-10(5-13)11(6-14)16-7-8-2-1-3-9(15)4-8/h1-4,10-11H,5-7H2. The average Bonchev–Trinajstić information content (AvgIpc) is 2.29. The fourth-order valence-corrected chi connectivity index (χ4v) is 2.45. The molecule has 1 aromatic rings. The van der Waals surface area contributed by atoms with Gasteiger partial charge in [0.05, 0.1) is 17.5 Å². The minimum atomic E-state index is -0.0989. The van der Waals surface area contributed by atoms with Gasteiger partial charge in [-0.15, -0.1) is 23.2 Å². The molecule has 0 aliphatic rings. The van der Waals surface area contributed by atoms with E-state index in [4.69, 9.17) is 39.5 Å². The summed E-state index contributed by atoms with van der Waals surface area (Å²) in [4.78, 5) is 0.0610. The van der Waals surface area contributed by atoms with Crippen LogP contribution in [0.1, 0.15) is 5.56 Å². The van der Waals surface area contributed by atoms with Crippen molar-refractivity contribution in [3.8, 4) is 0 Å². The molecule has 0 radical (unpaired) electrons. The highest BCUT2D eigenvalue weighted by atomic mass is 79.9. The molecule has 1 aromatic carbocycles. The van der Waals surface area contributed by atoms with Crippen molar-refractivity contribution < 1.29 is 4.74 Å². The first kappa shape index (κ1) is 14.6. The van der Waals surface area contributed by atoms with E-state index in [1.54, 1.807) is 0 Å². The van der Waals surface area contributed by atoms with Crippen LogP contribution in [0.3, 0.4) is 0 Å². The van der Waals surface area contributed by atoms with Gasteiger partial charge in [0.2, 0.25) is 0 Å². The first-order chi connectivity index (χ1) is 7.67. The Balaban J connectivity index is 2.49. The summed E-state index contributed by atoms with van der Waals surface area (Å²) < 4.78 is 5.66. The Bertz CT molecular complexity index is 322. The van der Waals surface area contributed by atoms with Crippen LogP contribution in [0.2, 0.25) is 5.02 Å². The second kappa shape index (κ2) is 7.78. The maximum absolute atomic E-state index is 5.87. The zero-order chi connectivity index (χ0) is 12.0. The quantitative estimate of drug-likeness (QED) is 0.691. The summed E-state index contributed by atoms with van der Waals surface area (Å²) in [5.74, 6) is 0.871. The number of rotatable bonds is 6. The van der Waals surface area contributed by atoms with Gasteiger partial charge >= 0.3 is 0 Å². The van der Waals surface area contributed by atoms with Gasteiger partial charge in [0.1, 0.15) is 0 Å². The molecule has 0 bridgehead atoms. The van der Waals surface area contributed by atoms with E-state index in [1.165, 1.54) is 0 Å². The summed E-state index contributed by atoms with van der Waals surface area (Å²) in [6.45, 7) is 0.483. The van der Waals surface area contributed by atoms with Crippen LogP contribution in [0, 0.1) is 0 Å². The van der Waals surface area contributed by atoms with Crippen molar-refractivity contribution >= 4 is 50.7 Å². The second-order valence-corrected chi connectivity index (χ2v) is 5.53. The summed E-state index contributed by atoms with van der Waals surface area (Å²) in [5, 5.41) is 0.705. The molecule has 0 saturated heterocycles. The summed E-state index contributed by atoms with van der Waals surface area (Å²) in [6.07, 6.45) is -0.0989. The fraction of sp³-hybridized carbons (Fsp3) is 0.455. The monoisotopic (exact) mass is 344 g/mol. The SMILES string of the molecule is ClCC(Br)C(CCl)OCc1cccc(Cl)c1. The van der Waals surface area contributed by atoms with Crippen molar-refractivity contribution in [2.24, 2.45) is 0 Å². The molecule has 0 aliphatic carbocycles. The Morgan fingerprint density at radius 1 is 1.25 bits per heavy atom. The van der Waals surface area contributed by atoms with Gasteiger partial charge in [-0.3, -0.25) is 0 Å². The topological polar surface area (TPSA) is 9.23 Å². The third-order valence-electron chi connectivity index (χ3n) is 2.06. The van der Waals surface area contributed by atoms with Crippen LogP contribution in [0.4, 0.5) is 0 Å². The molecule has 0 heterocycles. The predicted molar refractivity (Wildman–Crippen MR) is 74.2 cm³/mol. The molecule has 0 aromatic heterocycles. The predicted octanol–water partition coefficient (Wildman–Crippen LogP) is 4.47. The molecule has 0 N–H and O–H groups in total. The first-order valence-electron chi connectivity index (χ1n) is 4.79. The van der Waals surface area contributed by atoms with Gasteiger partial charge in [-0.05, 0) is 17.7 Å². The number of hydrogen-bond acceptors (Lipinski definition) is 1. The van der Waals surface area contributed by atoms with Crippen LogP contribution in [0.5, 0.6) is 0 Å². The molecule has 1 rings (SSSR count). The molecule has 16 heavy (non-hydrogen) atoms. The van der Waals surface area contributed by atoms with Crippen molar-refractivity contribution in [3.05, 3.63) is 34.9 Å². The van der Waals surface area contributed by atoms with Crippen LogP contribution in [0.15, 0.2) is 24.3 Å². The Hall–Kier alpha value is 0.530. The molecule has 1 nitrogen and oxygen atoms in total. The van der Waals surface area contributed by atoms with Gasteiger partial charge in [0.15, 0.2) is 0 Å². The maximum Gasteiger partial charge on any atom is 0.0851 e. The van der Waals surface area contributed by atoms with E-state index in [2.05, 4.69) is 15.9 Å². The van der Waals surface area contributed by atoms with Gasteiger partial charge < -0.3 is 4.74 Å². The van der Waals surface area contributed by atoms with Crippen LogP contribution < -0.4 is 0 Å². The summed E-state index contributed by atoms with van der Waals surface area (Å²) in [7, 11) is 0. The van der Waals surface area contributed by atoms with Crippen LogP contribution in [0.25, 0.3) is 0 Å². The van der Waals surface area contributed by atoms with E-state index in [1.807, 2.05) is 24.3 Å². The minimum Gasteiger partial charge on any atom is -0.371 e. The highest BCUT2D eigenvalue weighted by Gasteiger charge is 2.17. The fourth-order valence-electron chi connectivity index (χ4n) is 1.17. The molecule has 0 saturated carbocycles. The molecule has 0 amide bonds. The lowest BCUT2D eigenvalue weighted by Gasteiger charge is -2.19. The van der Waals surface area contributed by atoms with E-state index < -0.39 is 0 Å². The Morgan fingerprint density at radius 3 is 2.56 bits per heavy atom. The molecule has 0 aliphatic heterocycles. The number of ether oxygens (including phenoxy) is 1. The van der Waals surface area contributed by atoms with E-state index in [0.29, 0.717) is 23.4 Å². The molecule has 5 heteroatoms. The number of benzene rings is 1. The van der Waals surface area contributed by atoms with Gasteiger partial charge in [-0.2, -0.15) is 0 Å². The van der Waals surface area contributed by atoms with Gasteiger partial charge in [-0.1, -0.05) is 39.7 Å². The van der Waals surface area contributed by atoms with Crippen molar-refractivity contribution in [2.45, 2.75) is 17.5 Å². The van der Waals surface area contributed by atoms with Gasteiger partial charge in [-0.25, -0.2) is 0 Å². The molecule has 90 valence electrons. The lowest BCUT2D eigenvalue weighted by atomic mass is 10.2. The van der Waals surface area contributed by atoms with Crippen LogP contribution in [-0.2, 0) is 11.3 Å². The highest BCUT2D eigenvalue weighted by molar-refractivity contribution is 9.09. The van der Waals surface area contributed by atoms with E-state index >= 15 is 0 Å². The largest absolute Gasteiger partial charge is 0.371 e. The Labute approximate surface area is 119 Å². The van der Waals surface area contributed by atoms with E-state index in [9.17, 15) is 0 Å². The Morgan fingerprint density at radius 2 is 2.00 bits per heavy atom. The van der Waals surface area contributed by atoms with Crippen LogP contribution >= 0.6 is 50.7 Å². The second-order valence-electron chi connectivity index (χ2n) is 3.30. The molecular weight excluding hydrogens is 334 g/mol. The number of hydrogen-bond donors (Lipinski definition) is 0.